The van der Waals surface area contributed by atoms with E-state index in [-0.39, 0.29) is 0 Å². The average molecular weight is 224 g/mol. The largest absolute Gasteiger partial charge is 0.379 e. The summed E-state index contributed by atoms with van der Waals surface area (Å²) in [5.41, 5.74) is 1.09. The van der Waals surface area contributed by atoms with Crippen LogP contribution in [-0.2, 0) is 4.74 Å². The normalized spacial score (nSPS) is 21.3. The van der Waals surface area contributed by atoms with Crippen LogP contribution in [-0.4, -0.2) is 30.5 Å². The molecule has 3 nitrogen and oxygen atoms in total. The lowest BCUT2D eigenvalue weighted by molar-refractivity contribution is 0.0876. The van der Waals surface area contributed by atoms with E-state index in [0.29, 0.717) is 6.04 Å². The number of hydrogen-bond donors (Lipinski definition) is 1. The summed E-state index contributed by atoms with van der Waals surface area (Å²) in [6.45, 7) is 1.71. The Kier molecular flexibility index (Phi) is 3.86. The topological polar surface area (TPSA) is 34.1 Å². The van der Waals surface area contributed by atoms with Crippen molar-refractivity contribution < 1.29 is 4.74 Å². The zero-order valence-electron chi connectivity index (χ0n) is 8.90. The summed E-state index contributed by atoms with van der Waals surface area (Å²) in [5, 5.41) is 4.49. The Hall–Kier alpha value is -0.740. The van der Waals surface area contributed by atoms with Crippen molar-refractivity contribution in [1.82, 2.24) is 4.98 Å². The fourth-order valence-electron chi connectivity index (χ4n) is 1.68. The molecule has 1 saturated heterocycles. The fraction of sp³-hybridized carbons (Fsp3) is 0.545. The molecule has 1 fully saturated rings. The van der Waals surface area contributed by atoms with Crippen LogP contribution in [0.1, 0.15) is 12.8 Å². The second-order valence-electron chi connectivity index (χ2n) is 3.65. The molecule has 1 unspecified atom stereocenters. The van der Waals surface area contributed by atoms with Gasteiger partial charge in [-0.2, -0.15) is 0 Å². The van der Waals surface area contributed by atoms with E-state index in [1.165, 1.54) is 6.42 Å². The highest BCUT2D eigenvalue weighted by molar-refractivity contribution is 7.98. The zero-order chi connectivity index (χ0) is 10.5. The van der Waals surface area contributed by atoms with Gasteiger partial charge in [-0.3, -0.25) is 0 Å². The molecule has 1 aliphatic rings. The third-order valence-electron chi connectivity index (χ3n) is 2.48. The minimum Gasteiger partial charge on any atom is -0.379 e. The molecule has 0 bridgehead atoms. The van der Waals surface area contributed by atoms with E-state index in [1.54, 1.807) is 11.8 Å². The Labute approximate surface area is 94.6 Å². The molecule has 0 aliphatic carbocycles. The smallest absolute Gasteiger partial charge is 0.0958 e. The first-order valence-corrected chi connectivity index (χ1v) is 6.45. The Morgan fingerprint density at radius 1 is 1.53 bits per heavy atom. The lowest BCUT2D eigenvalue weighted by atomic mass is 10.1. The van der Waals surface area contributed by atoms with Crippen LogP contribution in [0.15, 0.2) is 23.4 Å². The number of aromatic nitrogens is 1. The number of ether oxygens (including phenoxy) is 1. The molecular weight excluding hydrogens is 208 g/mol. The van der Waals surface area contributed by atoms with E-state index < -0.39 is 0 Å². The number of rotatable bonds is 3. The van der Waals surface area contributed by atoms with Crippen LogP contribution >= 0.6 is 11.8 Å². The summed E-state index contributed by atoms with van der Waals surface area (Å²) in [5.74, 6) is 0. The molecule has 82 valence electrons. The zero-order valence-corrected chi connectivity index (χ0v) is 9.72. The van der Waals surface area contributed by atoms with E-state index in [2.05, 4.69) is 16.4 Å². The maximum Gasteiger partial charge on any atom is 0.0958 e. The predicted molar refractivity (Wildman–Crippen MR) is 63.5 cm³/mol. The van der Waals surface area contributed by atoms with Crippen LogP contribution in [0, 0.1) is 0 Å². The van der Waals surface area contributed by atoms with Crippen LogP contribution in [0.3, 0.4) is 0 Å². The molecule has 1 atom stereocenters. The van der Waals surface area contributed by atoms with Crippen molar-refractivity contribution in [2.24, 2.45) is 0 Å². The average Bonchev–Trinajstić information content (AvgIpc) is 2.31. The summed E-state index contributed by atoms with van der Waals surface area (Å²) < 4.78 is 5.41. The molecule has 0 amide bonds. The summed E-state index contributed by atoms with van der Waals surface area (Å²) in [7, 11) is 0. The van der Waals surface area contributed by atoms with Crippen LogP contribution in [0.2, 0.25) is 0 Å². The first kappa shape index (κ1) is 10.8. The Morgan fingerprint density at radius 2 is 2.47 bits per heavy atom. The fourth-order valence-corrected chi connectivity index (χ4v) is 2.04. The Balaban J connectivity index is 1.91. The van der Waals surface area contributed by atoms with Crippen LogP contribution in [0.25, 0.3) is 0 Å². The van der Waals surface area contributed by atoms with E-state index in [1.807, 2.05) is 18.5 Å². The predicted octanol–water partition coefficient (Wildman–Crippen LogP) is 2.39. The first-order chi connectivity index (χ1) is 7.38. The van der Waals surface area contributed by atoms with Crippen molar-refractivity contribution in [3.8, 4) is 0 Å². The van der Waals surface area contributed by atoms with Crippen molar-refractivity contribution in [2.45, 2.75) is 23.9 Å². The Bertz CT molecular complexity index is 296. The lowest BCUT2D eigenvalue weighted by Crippen LogP contribution is -2.29. The van der Waals surface area contributed by atoms with Gasteiger partial charge in [0, 0.05) is 12.6 Å². The SMILES string of the molecule is CSc1ccc(NC2CCCOC2)cn1. The van der Waals surface area contributed by atoms with Crippen molar-refractivity contribution in [1.29, 1.82) is 0 Å². The number of pyridine rings is 1. The second kappa shape index (κ2) is 5.37. The van der Waals surface area contributed by atoms with E-state index in [9.17, 15) is 0 Å². The lowest BCUT2D eigenvalue weighted by Gasteiger charge is -2.23. The molecule has 1 aromatic rings. The summed E-state index contributed by atoms with van der Waals surface area (Å²) in [6.07, 6.45) is 6.25. The van der Waals surface area contributed by atoms with Gasteiger partial charge < -0.3 is 10.1 Å². The quantitative estimate of drug-likeness (QED) is 0.799. The molecule has 2 rings (SSSR count). The molecule has 15 heavy (non-hydrogen) atoms. The monoisotopic (exact) mass is 224 g/mol. The van der Waals surface area contributed by atoms with E-state index in [0.717, 1.165) is 30.3 Å². The van der Waals surface area contributed by atoms with Crippen molar-refractivity contribution >= 4 is 17.4 Å². The van der Waals surface area contributed by atoms with Gasteiger partial charge in [-0.25, -0.2) is 4.98 Å². The molecule has 0 aromatic carbocycles. The van der Waals surface area contributed by atoms with Gasteiger partial charge in [0.15, 0.2) is 0 Å². The van der Waals surface area contributed by atoms with Crippen molar-refractivity contribution in [3.63, 3.8) is 0 Å². The van der Waals surface area contributed by atoms with Crippen LogP contribution in [0.5, 0.6) is 0 Å². The third kappa shape index (κ3) is 3.11. The van der Waals surface area contributed by atoms with Gasteiger partial charge in [-0.15, -0.1) is 11.8 Å². The Morgan fingerprint density at radius 3 is 3.07 bits per heavy atom. The number of hydrogen-bond acceptors (Lipinski definition) is 4. The molecule has 2 heterocycles. The maximum atomic E-state index is 5.41. The van der Waals surface area contributed by atoms with Gasteiger partial charge in [-0.05, 0) is 31.2 Å². The highest BCUT2D eigenvalue weighted by Gasteiger charge is 2.13. The number of nitrogens with one attached hydrogen (secondary N) is 1. The van der Waals surface area contributed by atoms with E-state index in [4.69, 9.17) is 4.74 Å². The van der Waals surface area contributed by atoms with Gasteiger partial charge in [0.25, 0.3) is 0 Å². The highest BCUT2D eigenvalue weighted by atomic mass is 32.2. The number of thioether (sulfide) groups is 1. The number of nitrogens with zero attached hydrogens (tertiary/aromatic N) is 1. The van der Waals surface area contributed by atoms with E-state index >= 15 is 0 Å². The summed E-state index contributed by atoms with van der Waals surface area (Å²) in [4.78, 5) is 4.32. The molecule has 0 radical (unpaired) electrons. The van der Waals surface area contributed by atoms with Crippen LogP contribution < -0.4 is 5.32 Å². The molecule has 0 spiro atoms. The molecular formula is C11H16N2OS. The molecule has 1 N–H and O–H groups in total. The van der Waals surface area contributed by atoms with Gasteiger partial charge in [0.05, 0.1) is 23.5 Å². The number of anilines is 1. The second-order valence-corrected chi connectivity index (χ2v) is 4.47. The molecule has 4 heteroatoms. The van der Waals surface area contributed by atoms with Crippen molar-refractivity contribution in [2.75, 3.05) is 24.8 Å². The van der Waals surface area contributed by atoms with Crippen molar-refractivity contribution in [3.05, 3.63) is 18.3 Å². The van der Waals surface area contributed by atoms with Gasteiger partial charge in [0.1, 0.15) is 0 Å². The van der Waals surface area contributed by atoms with Gasteiger partial charge >= 0.3 is 0 Å². The summed E-state index contributed by atoms with van der Waals surface area (Å²) >= 11 is 1.66. The highest BCUT2D eigenvalue weighted by Crippen LogP contribution is 2.16. The minimum atomic E-state index is 0.445. The standard InChI is InChI=1S/C11H16N2OS/c1-15-11-5-4-9(7-12-11)13-10-3-2-6-14-8-10/h4-5,7,10,13H,2-3,6,8H2,1H3. The maximum absolute atomic E-state index is 5.41. The summed E-state index contributed by atoms with van der Waals surface area (Å²) in [6, 6.07) is 4.56. The van der Waals surface area contributed by atoms with Gasteiger partial charge in [-0.1, -0.05) is 0 Å². The molecule has 1 aromatic heterocycles. The molecule has 0 saturated carbocycles. The van der Waals surface area contributed by atoms with Crippen LogP contribution in [0.4, 0.5) is 5.69 Å². The molecule has 1 aliphatic heterocycles. The first-order valence-electron chi connectivity index (χ1n) is 5.23. The minimum absolute atomic E-state index is 0.445. The van der Waals surface area contributed by atoms with Gasteiger partial charge in [0.2, 0.25) is 0 Å². The third-order valence-corrected chi connectivity index (χ3v) is 3.14.